The van der Waals surface area contributed by atoms with Crippen LogP contribution in [-0.4, -0.2) is 17.3 Å². The lowest BCUT2D eigenvalue weighted by Gasteiger charge is -2.24. The Kier molecular flexibility index (Phi) is 3.08. The molecular weight excluding hydrogens is 220 g/mol. The van der Waals surface area contributed by atoms with E-state index in [0.29, 0.717) is 5.25 Å². The standard InChI is InChI=1S/C13H20O2S/c1-8(2)11-13(3,4)12(14)15-9-6-5-7-10(9)16-11/h9-10H,5-7H2,1-4H3. The number of hydrogen-bond acceptors (Lipinski definition) is 3. The molecular formula is C13H20O2S. The molecule has 0 spiro atoms. The Morgan fingerprint density at radius 1 is 1.38 bits per heavy atom. The number of carbonyl (C=O) groups is 1. The van der Waals surface area contributed by atoms with E-state index in [-0.39, 0.29) is 12.1 Å². The Bertz CT molecular complexity index is 340. The SMILES string of the molecule is CC(C)=C1SC2CCCC2OC(=O)C1(C)C. The van der Waals surface area contributed by atoms with E-state index in [1.807, 2.05) is 25.6 Å². The van der Waals surface area contributed by atoms with Crippen molar-refractivity contribution in [1.29, 1.82) is 0 Å². The molecule has 2 rings (SSSR count). The fraction of sp³-hybridized carbons (Fsp3) is 0.769. The summed E-state index contributed by atoms with van der Waals surface area (Å²) in [4.78, 5) is 13.3. The van der Waals surface area contributed by atoms with Gasteiger partial charge in [-0.3, -0.25) is 4.79 Å². The molecule has 0 N–H and O–H groups in total. The van der Waals surface area contributed by atoms with Crippen molar-refractivity contribution < 1.29 is 9.53 Å². The third-order valence-corrected chi connectivity index (χ3v) is 5.45. The van der Waals surface area contributed by atoms with E-state index in [1.165, 1.54) is 23.3 Å². The molecule has 90 valence electrons. The van der Waals surface area contributed by atoms with Gasteiger partial charge in [-0.05, 0) is 47.0 Å². The number of carbonyl (C=O) groups excluding carboxylic acids is 1. The summed E-state index contributed by atoms with van der Waals surface area (Å²) in [6.07, 6.45) is 3.55. The van der Waals surface area contributed by atoms with Gasteiger partial charge in [0.1, 0.15) is 6.10 Å². The highest BCUT2D eigenvalue weighted by molar-refractivity contribution is 8.03. The molecule has 3 heteroatoms. The first-order valence-corrected chi connectivity index (χ1v) is 6.86. The van der Waals surface area contributed by atoms with Crippen molar-refractivity contribution in [2.75, 3.05) is 0 Å². The van der Waals surface area contributed by atoms with Crippen LogP contribution in [0.15, 0.2) is 10.5 Å². The second-order valence-electron chi connectivity index (χ2n) is 5.49. The van der Waals surface area contributed by atoms with Gasteiger partial charge in [0.15, 0.2) is 0 Å². The molecule has 1 saturated heterocycles. The lowest BCUT2D eigenvalue weighted by atomic mass is 9.91. The number of hydrogen-bond donors (Lipinski definition) is 0. The van der Waals surface area contributed by atoms with Crippen LogP contribution in [0.2, 0.25) is 0 Å². The predicted octanol–water partition coefficient (Wildman–Crippen LogP) is 3.52. The third-order valence-electron chi connectivity index (χ3n) is 3.45. The van der Waals surface area contributed by atoms with E-state index >= 15 is 0 Å². The minimum atomic E-state index is -0.464. The molecule has 2 atom stereocenters. The lowest BCUT2D eigenvalue weighted by molar-refractivity contribution is -0.156. The summed E-state index contributed by atoms with van der Waals surface area (Å²) in [5.74, 6) is -0.0504. The van der Waals surface area contributed by atoms with Gasteiger partial charge in [-0.25, -0.2) is 0 Å². The van der Waals surface area contributed by atoms with Crippen molar-refractivity contribution in [3.05, 3.63) is 10.5 Å². The normalized spacial score (nSPS) is 33.0. The zero-order valence-corrected chi connectivity index (χ0v) is 11.3. The molecule has 1 aliphatic carbocycles. The maximum absolute atomic E-state index is 12.1. The fourth-order valence-electron chi connectivity index (χ4n) is 2.58. The summed E-state index contributed by atoms with van der Waals surface area (Å²) in [6, 6.07) is 0. The van der Waals surface area contributed by atoms with Crippen molar-refractivity contribution in [3.8, 4) is 0 Å². The highest BCUT2D eigenvalue weighted by atomic mass is 32.2. The molecule has 0 radical (unpaired) electrons. The van der Waals surface area contributed by atoms with E-state index in [1.54, 1.807) is 0 Å². The third kappa shape index (κ3) is 1.90. The smallest absolute Gasteiger partial charge is 0.316 e. The Balaban J connectivity index is 2.37. The predicted molar refractivity (Wildman–Crippen MR) is 67.3 cm³/mol. The molecule has 0 amide bonds. The van der Waals surface area contributed by atoms with Gasteiger partial charge in [-0.15, -0.1) is 11.8 Å². The first-order chi connectivity index (χ1) is 7.43. The topological polar surface area (TPSA) is 26.3 Å². The first-order valence-electron chi connectivity index (χ1n) is 5.98. The number of ether oxygens (including phenoxy) is 1. The van der Waals surface area contributed by atoms with Crippen LogP contribution in [0.5, 0.6) is 0 Å². The molecule has 0 aromatic heterocycles. The number of allylic oxidation sites excluding steroid dienone is 1. The van der Waals surface area contributed by atoms with Crippen LogP contribution in [0.1, 0.15) is 47.0 Å². The maximum atomic E-state index is 12.1. The molecule has 1 heterocycles. The van der Waals surface area contributed by atoms with Crippen LogP contribution >= 0.6 is 11.8 Å². The average molecular weight is 240 g/mol. The van der Waals surface area contributed by atoms with Crippen LogP contribution in [0.4, 0.5) is 0 Å². The lowest BCUT2D eigenvalue weighted by Crippen LogP contribution is -2.29. The second kappa shape index (κ2) is 4.10. The summed E-state index contributed by atoms with van der Waals surface area (Å²) < 4.78 is 5.64. The highest BCUT2D eigenvalue weighted by Crippen LogP contribution is 2.48. The van der Waals surface area contributed by atoms with Gasteiger partial charge in [0.05, 0.1) is 5.41 Å². The summed E-state index contributed by atoms with van der Waals surface area (Å²) in [5, 5.41) is 0.482. The van der Waals surface area contributed by atoms with Gasteiger partial charge in [0.2, 0.25) is 0 Å². The number of fused-ring (bicyclic) bond motifs is 1. The van der Waals surface area contributed by atoms with Crippen LogP contribution < -0.4 is 0 Å². The summed E-state index contributed by atoms with van der Waals surface area (Å²) in [5.41, 5.74) is 0.785. The van der Waals surface area contributed by atoms with Gasteiger partial charge in [0, 0.05) is 10.2 Å². The minimum absolute atomic E-state index is 0.0504. The van der Waals surface area contributed by atoms with E-state index in [4.69, 9.17) is 4.74 Å². The van der Waals surface area contributed by atoms with Gasteiger partial charge in [-0.1, -0.05) is 5.57 Å². The van der Waals surface area contributed by atoms with Crippen LogP contribution in [-0.2, 0) is 9.53 Å². The second-order valence-corrected chi connectivity index (χ2v) is 6.73. The Morgan fingerprint density at radius 2 is 2.06 bits per heavy atom. The molecule has 2 nitrogen and oxygen atoms in total. The monoisotopic (exact) mass is 240 g/mol. The zero-order valence-electron chi connectivity index (χ0n) is 10.5. The van der Waals surface area contributed by atoms with Crippen LogP contribution in [0.25, 0.3) is 0 Å². The van der Waals surface area contributed by atoms with E-state index in [9.17, 15) is 4.79 Å². The Labute approximate surface area is 102 Å². The Morgan fingerprint density at radius 3 is 2.69 bits per heavy atom. The van der Waals surface area contributed by atoms with Crippen LogP contribution in [0.3, 0.4) is 0 Å². The van der Waals surface area contributed by atoms with E-state index in [0.717, 1.165) is 6.42 Å². The number of rotatable bonds is 0. The molecule has 2 unspecified atom stereocenters. The average Bonchev–Trinajstić information content (AvgIpc) is 2.57. The molecule has 1 aliphatic heterocycles. The largest absolute Gasteiger partial charge is 0.461 e. The molecule has 0 bridgehead atoms. The van der Waals surface area contributed by atoms with Gasteiger partial charge in [0.25, 0.3) is 0 Å². The molecule has 1 saturated carbocycles. The first kappa shape index (κ1) is 12.0. The maximum Gasteiger partial charge on any atom is 0.316 e. The molecule has 16 heavy (non-hydrogen) atoms. The van der Waals surface area contributed by atoms with Gasteiger partial charge >= 0.3 is 5.97 Å². The zero-order chi connectivity index (χ0) is 11.9. The molecule has 0 aromatic rings. The summed E-state index contributed by atoms with van der Waals surface area (Å²) in [6.45, 7) is 8.14. The number of esters is 1. The minimum Gasteiger partial charge on any atom is -0.461 e. The number of thioether (sulfide) groups is 1. The molecule has 0 aromatic carbocycles. The van der Waals surface area contributed by atoms with Crippen molar-refractivity contribution >= 4 is 17.7 Å². The van der Waals surface area contributed by atoms with E-state index < -0.39 is 5.41 Å². The fourth-order valence-corrected chi connectivity index (χ4v) is 4.13. The summed E-state index contributed by atoms with van der Waals surface area (Å²) in [7, 11) is 0. The quantitative estimate of drug-likeness (QED) is 0.606. The van der Waals surface area contributed by atoms with Crippen molar-refractivity contribution in [2.24, 2.45) is 5.41 Å². The highest BCUT2D eigenvalue weighted by Gasteiger charge is 2.44. The van der Waals surface area contributed by atoms with Crippen LogP contribution in [0, 0.1) is 5.41 Å². The molecule has 2 fully saturated rings. The van der Waals surface area contributed by atoms with Gasteiger partial charge in [-0.2, -0.15) is 0 Å². The van der Waals surface area contributed by atoms with Crippen molar-refractivity contribution in [3.63, 3.8) is 0 Å². The summed E-state index contributed by atoms with van der Waals surface area (Å²) >= 11 is 1.88. The van der Waals surface area contributed by atoms with Gasteiger partial charge < -0.3 is 4.74 Å². The Hall–Kier alpha value is -0.440. The van der Waals surface area contributed by atoms with Crippen molar-refractivity contribution in [1.82, 2.24) is 0 Å². The van der Waals surface area contributed by atoms with E-state index in [2.05, 4.69) is 13.8 Å². The molecule has 2 aliphatic rings. The van der Waals surface area contributed by atoms with Crippen molar-refractivity contribution in [2.45, 2.75) is 58.3 Å².